The van der Waals surface area contributed by atoms with Crippen molar-refractivity contribution in [3.05, 3.63) is 10.6 Å². The van der Waals surface area contributed by atoms with E-state index in [1.54, 1.807) is 0 Å². The summed E-state index contributed by atoms with van der Waals surface area (Å²) < 4.78 is 6.00. The van der Waals surface area contributed by atoms with Crippen LogP contribution in [0.15, 0.2) is 0 Å². The van der Waals surface area contributed by atoms with Crippen molar-refractivity contribution in [2.24, 2.45) is 0 Å². The predicted octanol–water partition coefficient (Wildman–Crippen LogP) is 2.96. The highest BCUT2D eigenvalue weighted by Crippen LogP contribution is 2.32. The molecule has 0 spiro atoms. The monoisotopic (exact) mass is 309 g/mol. The van der Waals surface area contributed by atoms with Crippen LogP contribution in [0, 0.1) is 0 Å². The number of hydrogen-bond donors (Lipinski definition) is 1. The molecule has 1 N–H and O–H groups in total. The Morgan fingerprint density at radius 1 is 1.43 bits per heavy atom. The molecule has 4 nitrogen and oxygen atoms in total. The third kappa shape index (κ3) is 3.76. The lowest BCUT2D eigenvalue weighted by molar-refractivity contribution is -0.0749. The molecule has 1 aliphatic carbocycles. The van der Waals surface area contributed by atoms with E-state index in [1.165, 1.54) is 28.5 Å². The highest BCUT2D eigenvalue weighted by Gasteiger charge is 2.33. The fourth-order valence-electron chi connectivity index (χ4n) is 3.04. The van der Waals surface area contributed by atoms with Crippen molar-refractivity contribution in [2.45, 2.75) is 71.2 Å². The van der Waals surface area contributed by atoms with Crippen molar-refractivity contribution in [3.8, 4) is 0 Å². The number of rotatable bonds is 5. The van der Waals surface area contributed by atoms with Crippen molar-refractivity contribution in [1.82, 2.24) is 10.3 Å². The van der Waals surface area contributed by atoms with Gasteiger partial charge in [-0.2, -0.15) is 0 Å². The van der Waals surface area contributed by atoms with Gasteiger partial charge in [0.05, 0.1) is 17.4 Å². The largest absolute Gasteiger partial charge is 0.369 e. The van der Waals surface area contributed by atoms with Gasteiger partial charge in [-0.25, -0.2) is 4.98 Å². The molecule has 2 fully saturated rings. The van der Waals surface area contributed by atoms with Crippen LogP contribution in [-0.2, 0) is 17.7 Å². The average Bonchev–Trinajstić information content (AvgIpc) is 3.12. The van der Waals surface area contributed by atoms with Crippen LogP contribution in [-0.4, -0.2) is 35.8 Å². The van der Waals surface area contributed by atoms with Crippen LogP contribution < -0.4 is 10.2 Å². The average molecular weight is 309 g/mol. The molecule has 1 aromatic rings. The zero-order valence-electron chi connectivity index (χ0n) is 13.6. The van der Waals surface area contributed by atoms with Gasteiger partial charge in [-0.05, 0) is 40.0 Å². The Hall–Kier alpha value is -0.650. The molecule has 1 atom stereocenters. The lowest BCUT2D eigenvalue weighted by atomic mass is 10.1. The number of aryl methyl sites for hydroxylation is 1. The molecule has 0 aromatic carbocycles. The molecule has 1 aliphatic heterocycles. The first-order valence-electron chi connectivity index (χ1n) is 8.11. The van der Waals surface area contributed by atoms with Gasteiger partial charge in [0.15, 0.2) is 5.13 Å². The summed E-state index contributed by atoms with van der Waals surface area (Å²) in [5, 5.41) is 4.79. The summed E-state index contributed by atoms with van der Waals surface area (Å²) in [6.45, 7) is 11.5. The first-order valence-corrected chi connectivity index (χ1v) is 8.93. The second-order valence-corrected chi connectivity index (χ2v) is 8.01. The molecule has 1 unspecified atom stereocenters. The number of thiazole rings is 1. The molecule has 21 heavy (non-hydrogen) atoms. The third-order valence-electron chi connectivity index (χ3n) is 4.07. The normalized spacial score (nSPS) is 25.3. The van der Waals surface area contributed by atoms with E-state index in [4.69, 9.17) is 9.72 Å². The maximum Gasteiger partial charge on any atom is 0.186 e. The van der Waals surface area contributed by atoms with Gasteiger partial charge >= 0.3 is 0 Å². The van der Waals surface area contributed by atoms with Gasteiger partial charge in [-0.15, -0.1) is 11.3 Å². The fourth-order valence-corrected chi connectivity index (χ4v) is 4.15. The van der Waals surface area contributed by atoms with Gasteiger partial charge in [0.1, 0.15) is 0 Å². The molecule has 0 bridgehead atoms. The molecule has 0 amide bonds. The Labute approximate surface area is 131 Å². The summed E-state index contributed by atoms with van der Waals surface area (Å²) in [6, 6.07) is 0.752. The molecule has 2 heterocycles. The summed E-state index contributed by atoms with van der Waals surface area (Å²) in [6.07, 6.45) is 3.95. The zero-order chi connectivity index (χ0) is 15.0. The highest BCUT2D eigenvalue weighted by molar-refractivity contribution is 7.15. The molecule has 1 saturated heterocycles. The van der Waals surface area contributed by atoms with E-state index in [0.29, 0.717) is 0 Å². The van der Waals surface area contributed by atoms with Crippen molar-refractivity contribution < 1.29 is 4.74 Å². The summed E-state index contributed by atoms with van der Waals surface area (Å²) in [5.41, 5.74) is 1.17. The number of morpholine rings is 1. The lowest BCUT2D eigenvalue weighted by Gasteiger charge is -2.41. The molecule has 118 valence electrons. The molecular weight excluding hydrogens is 282 g/mol. The minimum Gasteiger partial charge on any atom is -0.369 e. The van der Waals surface area contributed by atoms with Crippen LogP contribution in [0.5, 0.6) is 0 Å². The van der Waals surface area contributed by atoms with E-state index < -0.39 is 0 Å². The van der Waals surface area contributed by atoms with Crippen LogP contribution in [0.4, 0.5) is 5.13 Å². The minimum atomic E-state index is -0.0951. The van der Waals surface area contributed by atoms with Crippen LogP contribution >= 0.6 is 11.3 Å². The van der Waals surface area contributed by atoms with Crippen LogP contribution in [0.3, 0.4) is 0 Å². The molecule has 2 aliphatic rings. The SMILES string of the molecule is CCc1nc(N2CC(C)OC(C)(C)C2)sc1CNC1CC1. The van der Waals surface area contributed by atoms with E-state index in [-0.39, 0.29) is 11.7 Å². The Morgan fingerprint density at radius 3 is 2.81 bits per heavy atom. The Kier molecular flexibility index (Phi) is 4.26. The quantitative estimate of drug-likeness (QED) is 0.907. The molecule has 1 saturated carbocycles. The summed E-state index contributed by atoms with van der Waals surface area (Å²) in [4.78, 5) is 8.71. The number of nitrogens with one attached hydrogen (secondary N) is 1. The van der Waals surface area contributed by atoms with Gasteiger partial charge < -0.3 is 15.0 Å². The summed E-state index contributed by atoms with van der Waals surface area (Å²) in [7, 11) is 0. The molecular formula is C16H27N3OS. The van der Waals surface area contributed by atoms with Crippen LogP contribution in [0.1, 0.15) is 51.1 Å². The number of hydrogen-bond acceptors (Lipinski definition) is 5. The third-order valence-corrected chi connectivity index (χ3v) is 5.23. The van der Waals surface area contributed by atoms with Crippen molar-refractivity contribution in [1.29, 1.82) is 0 Å². The van der Waals surface area contributed by atoms with E-state index in [0.717, 1.165) is 32.1 Å². The Balaban J connectivity index is 1.74. The lowest BCUT2D eigenvalue weighted by Crippen LogP contribution is -2.52. The number of aromatic nitrogens is 1. The minimum absolute atomic E-state index is 0.0951. The Bertz CT molecular complexity index is 496. The van der Waals surface area contributed by atoms with Gasteiger partial charge in [0, 0.05) is 30.6 Å². The molecule has 1 aromatic heterocycles. The first kappa shape index (κ1) is 15.3. The van der Waals surface area contributed by atoms with E-state index in [1.807, 2.05) is 11.3 Å². The van der Waals surface area contributed by atoms with E-state index >= 15 is 0 Å². The van der Waals surface area contributed by atoms with Gasteiger partial charge in [0.25, 0.3) is 0 Å². The van der Waals surface area contributed by atoms with Crippen molar-refractivity contribution >= 4 is 16.5 Å². The standard InChI is InChI=1S/C16H27N3OS/c1-5-13-14(8-17-12-6-7-12)21-15(18-13)19-9-11(2)20-16(3,4)10-19/h11-12,17H,5-10H2,1-4H3. The molecule has 5 heteroatoms. The number of ether oxygens (including phenoxy) is 1. The highest BCUT2D eigenvalue weighted by atomic mass is 32.1. The van der Waals surface area contributed by atoms with E-state index in [9.17, 15) is 0 Å². The molecule has 0 radical (unpaired) electrons. The van der Waals surface area contributed by atoms with Gasteiger partial charge in [-0.3, -0.25) is 0 Å². The maximum atomic E-state index is 6.00. The number of anilines is 1. The van der Waals surface area contributed by atoms with Gasteiger partial charge in [-0.1, -0.05) is 6.92 Å². The topological polar surface area (TPSA) is 37.4 Å². The summed E-state index contributed by atoms with van der Waals surface area (Å²) >= 11 is 1.86. The summed E-state index contributed by atoms with van der Waals surface area (Å²) in [5.74, 6) is 0. The van der Waals surface area contributed by atoms with Crippen molar-refractivity contribution in [3.63, 3.8) is 0 Å². The van der Waals surface area contributed by atoms with Crippen LogP contribution in [0.25, 0.3) is 0 Å². The smallest absolute Gasteiger partial charge is 0.186 e. The second-order valence-electron chi connectivity index (χ2n) is 6.94. The zero-order valence-corrected chi connectivity index (χ0v) is 14.4. The second kappa shape index (κ2) is 5.86. The number of nitrogens with zero attached hydrogens (tertiary/aromatic N) is 2. The maximum absolute atomic E-state index is 6.00. The predicted molar refractivity (Wildman–Crippen MR) is 88.2 cm³/mol. The van der Waals surface area contributed by atoms with Crippen LogP contribution in [0.2, 0.25) is 0 Å². The van der Waals surface area contributed by atoms with Crippen molar-refractivity contribution in [2.75, 3.05) is 18.0 Å². The first-order chi connectivity index (χ1) is 9.97. The van der Waals surface area contributed by atoms with Gasteiger partial charge in [0.2, 0.25) is 0 Å². The molecule has 3 rings (SSSR count). The fraction of sp³-hybridized carbons (Fsp3) is 0.812. The Morgan fingerprint density at radius 2 is 2.19 bits per heavy atom. The van der Waals surface area contributed by atoms with E-state index in [2.05, 4.69) is 37.9 Å².